The Bertz CT molecular complexity index is 736. The van der Waals surface area contributed by atoms with E-state index in [-0.39, 0.29) is 24.7 Å². The third-order valence-electron chi connectivity index (χ3n) is 4.25. The molecular formula is C19H19Cl2NO3. The molecule has 1 saturated heterocycles. The molecule has 0 aromatic heterocycles. The predicted octanol–water partition coefficient (Wildman–Crippen LogP) is 4.28. The third kappa shape index (κ3) is 4.15. The molecule has 2 atom stereocenters. The summed E-state index contributed by atoms with van der Waals surface area (Å²) in [6.45, 7) is 0.978. The highest BCUT2D eigenvalue weighted by Gasteiger charge is 2.38. The van der Waals surface area contributed by atoms with E-state index in [1.807, 2.05) is 53.4 Å². The van der Waals surface area contributed by atoms with Gasteiger partial charge in [-0.3, -0.25) is 4.79 Å². The minimum atomic E-state index is -0.311. The van der Waals surface area contributed by atoms with Crippen molar-refractivity contribution in [3.05, 3.63) is 69.7 Å². The lowest BCUT2D eigenvalue weighted by atomic mass is 9.92. The maximum Gasteiger partial charge on any atom is 0.249 e. The molecule has 0 radical (unpaired) electrons. The first-order valence-electron chi connectivity index (χ1n) is 8.01. The lowest BCUT2D eigenvalue weighted by molar-refractivity contribution is -0.159. The third-order valence-corrected chi connectivity index (χ3v) is 4.74. The molecule has 0 unspecified atom stereocenters. The van der Waals surface area contributed by atoms with Gasteiger partial charge < -0.3 is 14.4 Å². The maximum absolute atomic E-state index is 12.5. The Morgan fingerprint density at radius 2 is 1.88 bits per heavy atom. The van der Waals surface area contributed by atoms with Gasteiger partial charge in [0.1, 0.15) is 12.7 Å². The molecule has 1 amide bonds. The largest absolute Gasteiger partial charge is 0.383 e. The molecular weight excluding hydrogens is 361 g/mol. The normalized spacial score (nSPS) is 20.8. The lowest BCUT2D eigenvalue weighted by Gasteiger charge is -2.41. The number of benzene rings is 2. The summed E-state index contributed by atoms with van der Waals surface area (Å²) in [5.41, 5.74) is 1.89. The topological polar surface area (TPSA) is 38.8 Å². The number of ether oxygens (including phenoxy) is 2. The van der Waals surface area contributed by atoms with Gasteiger partial charge in [-0.25, -0.2) is 0 Å². The first-order chi connectivity index (χ1) is 12.1. The van der Waals surface area contributed by atoms with E-state index in [9.17, 15) is 4.79 Å². The van der Waals surface area contributed by atoms with Gasteiger partial charge in [-0.05, 0) is 35.4 Å². The summed E-state index contributed by atoms with van der Waals surface area (Å²) in [4.78, 5) is 14.3. The van der Waals surface area contributed by atoms with E-state index in [0.29, 0.717) is 23.2 Å². The fraction of sp³-hybridized carbons (Fsp3) is 0.316. The van der Waals surface area contributed by atoms with Crippen LogP contribution in [0.1, 0.15) is 23.3 Å². The van der Waals surface area contributed by atoms with E-state index in [1.165, 1.54) is 0 Å². The molecule has 0 spiro atoms. The quantitative estimate of drug-likeness (QED) is 0.777. The number of halogens is 2. The van der Waals surface area contributed by atoms with Crippen LogP contribution >= 0.6 is 23.2 Å². The summed E-state index contributed by atoms with van der Waals surface area (Å²) in [6, 6.07) is 14.8. The summed E-state index contributed by atoms with van der Waals surface area (Å²) >= 11 is 12.2. The van der Waals surface area contributed by atoms with Gasteiger partial charge in [-0.1, -0.05) is 47.5 Å². The van der Waals surface area contributed by atoms with Crippen LogP contribution in [0, 0.1) is 0 Å². The maximum atomic E-state index is 12.5. The molecule has 0 saturated carbocycles. The predicted molar refractivity (Wildman–Crippen MR) is 97.9 cm³/mol. The zero-order chi connectivity index (χ0) is 17.8. The number of methoxy groups -OCH3 is 1. The van der Waals surface area contributed by atoms with E-state index in [4.69, 9.17) is 32.7 Å². The number of hydrogen-bond donors (Lipinski definition) is 0. The van der Waals surface area contributed by atoms with E-state index in [1.54, 1.807) is 7.11 Å². The van der Waals surface area contributed by atoms with E-state index >= 15 is 0 Å². The molecule has 6 heteroatoms. The molecule has 3 rings (SSSR count). The standard InChI is InChI=1S/C19H19Cl2NO3/c1-24-10-9-22-17(23)12-25-19(14-3-2-4-16(21)11-14)18(22)13-5-7-15(20)8-6-13/h2-8,11,18-19H,9-10,12H2,1H3/t18-,19+/m1/s1. The van der Waals surface area contributed by atoms with Crippen molar-refractivity contribution in [2.45, 2.75) is 12.1 Å². The summed E-state index contributed by atoms with van der Waals surface area (Å²) in [5, 5.41) is 1.28. The molecule has 1 aliphatic heterocycles. The molecule has 4 nitrogen and oxygen atoms in total. The average Bonchev–Trinajstić information content (AvgIpc) is 2.61. The monoisotopic (exact) mass is 379 g/mol. The van der Waals surface area contributed by atoms with Crippen LogP contribution in [0.5, 0.6) is 0 Å². The Morgan fingerprint density at radius 3 is 2.56 bits per heavy atom. The van der Waals surface area contributed by atoms with Gasteiger partial charge in [0.05, 0.1) is 12.6 Å². The Balaban J connectivity index is 2.02. The van der Waals surface area contributed by atoms with Crippen molar-refractivity contribution in [3.63, 3.8) is 0 Å². The van der Waals surface area contributed by atoms with Crippen molar-refractivity contribution in [1.82, 2.24) is 4.90 Å². The van der Waals surface area contributed by atoms with E-state index in [2.05, 4.69) is 0 Å². The molecule has 2 aromatic carbocycles. The lowest BCUT2D eigenvalue weighted by Crippen LogP contribution is -2.47. The Hall–Kier alpha value is -1.59. The minimum absolute atomic E-state index is 0.0327. The van der Waals surface area contributed by atoms with Crippen molar-refractivity contribution in [2.75, 3.05) is 26.9 Å². The fourth-order valence-electron chi connectivity index (χ4n) is 3.08. The zero-order valence-electron chi connectivity index (χ0n) is 13.8. The number of amides is 1. The van der Waals surface area contributed by atoms with Gasteiger partial charge in [0.15, 0.2) is 0 Å². The molecule has 25 heavy (non-hydrogen) atoms. The molecule has 2 aromatic rings. The van der Waals surface area contributed by atoms with Gasteiger partial charge in [0.25, 0.3) is 0 Å². The van der Waals surface area contributed by atoms with Crippen molar-refractivity contribution in [1.29, 1.82) is 0 Å². The van der Waals surface area contributed by atoms with Crippen LogP contribution in [0.25, 0.3) is 0 Å². The van der Waals surface area contributed by atoms with Gasteiger partial charge in [0.2, 0.25) is 5.91 Å². The van der Waals surface area contributed by atoms with E-state index in [0.717, 1.165) is 11.1 Å². The van der Waals surface area contributed by atoms with Crippen LogP contribution in [0.2, 0.25) is 10.0 Å². The molecule has 0 bridgehead atoms. The molecule has 1 aliphatic rings. The van der Waals surface area contributed by atoms with Crippen LogP contribution in [0.15, 0.2) is 48.5 Å². The zero-order valence-corrected chi connectivity index (χ0v) is 15.3. The number of rotatable bonds is 5. The van der Waals surface area contributed by atoms with Crippen LogP contribution in [0.4, 0.5) is 0 Å². The summed E-state index contributed by atoms with van der Waals surface area (Å²) < 4.78 is 11.1. The Labute approximate surface area is 157 Å². The Kier molecular flexibility index (Phi) is 5.97. The van der Waals surface area contributed by atoms with Gasteiger partial charge in [0, 0.05) is 23.7 Å². The smallest absolute Gasteiger partial charge is 0.249 e. The van der Waals surface area contributed by atoms with Gasteiger partial charge >= 0.3 is 0 Å². The first-order valence-corrected chi connectivity index (χ1v) is 8.76. The molecule has 132 valence electrons. The second-order valence-corrected chi connectivity index (χ2v) is 6.74. The molecule has 1 fully saturated rings. The van der Waals surface area contributed by atoms with Crippen molar-refractivity contribution in [3.8, 4) is 0 Å². The van der Waals surface area contributed by atoms with Crippen LogP contribution in [0.3, 0.4) is 0 Å². The van der Waals surface area contributed by atoms with Gasteiger partial charge in [-0.2, -0.15) is 0 Å². The highest BCUT2D eigenvalue weighted by molar-refractivity contribution is 6.30. The first kappa shape index (κ1) is 18.2. The molecule has 0 aliphatic carbocycles. The summed E-state index contributed by atoms with van der Waals surface area (Å²) in [5.74, 6) is -0.0599. The molecule has 0 N–H and O–H groups in total. The SMILES string of the molecule is COCCN1C(=O)CO[C@@H](c2cccc(Cl)c2)[C@H]1c1ccc(Cl)cc1. The number of hydrogen-bond acceptors (Lipinski definition) is 3. The highest BCUT2D eigenvalue weighted by atomic mass is 35.5. The summed E-state index contributed by atoms with van der Waals surface area (Å²) in [7, 11) is 1.62. The van der Waals surface area contributed by atoms with Gasteiger partial charge in [-0.15, -0.1) is 0 Å². The highest BCUT2D eigenvalue weighted by Crippen LogP contribution is 2.40. The van der Waals surface area contributed by atoms with E-state index < -0.39 is 0 Å². The number of morpholine rings is 1. The number of nitrogens with zero attached hydrogens (tertiary/aromatic N) is 1. The number of carbonyl (C=O) groups excluding carboxylic acids is 1. The van der Waals surface area contributed by atoms with Crippen molar-refractivity contribution >= 4 is 29.1 Å². The van der Waals surface area contributed by atoms with Crippen molar-refractivity contribution < 1.29 is 14.3 Å². The minimum Gasteiger partial charge on any atom is -0.383 e. The van der Waals surface area contributed by atoms with Crippen LogP contribution in [-0.4, -0.2) is 37.7 Å². The van der Waals surface area contributed by atoms with Crippen molar-refractivity contribution in [2.24, 2.45) is 0 Å². The summed E-state index contributed by atoms with van der Waals surface area (Å²) in [6.07, 6.45) is -0.311. The average molecular weight is 380 g/mol. The fourth-order valence-corrected chi connectivity index (χ4v) is 3.41. The molecule has 1 heterocycles. The second kappa shape index (κ2) is 8.19. The number of carbonyl (C=O) groups is 1. The van der Waals surface area contributed by atoms with Crippen LogP contribution < -0.4 is 0 Å². The van der Waals surface area contributed by atoms with Crippen LogP contribution in [-0.2, 0) is 14.3 Å². The Morgan fingerprint density at radius 1 is 1.12 bits per heavy atom. The second-order valence-electron chi connectivity index (χ2n) is 5.86.